The van der Waals surface area contributed by atoms with Gasteiger partial charge in [-0.25, -0.2) is 4.39 Å². The van der Waals surface area contributed by atoms with Crippen molar-refractivity contribution in [3.05, 3.63) is 53.6 Å². The molecule has 1 aromatic heterocycles. The fourth-order valence-electron chi connectivity index (χ4n) is 2.85. The van der Waals surface area contributed by atoms with Gasteiger partial charge in [0.05, 0.1) is 11.7 Å². The van der Waals surface area contributed by atoms with Crippen molar-refractivity contribution in [2.24, 2.45) is 0 Å². The smallest absolute Gasteiger partial charge is 0.174 e. The van der Waals surface area contributed by atoms with Gasteiger partial charge in [-0.15, -0.1) is 0 Å². The summed E-state index contributed by atoms with van der Waals surface area (Å²) in [5.41, 5.74) is 2.94. The zero-order chi connectivity index (χ0) is 15.0. The second-order valence-corrected chi connectivity index (χ2v) is 5.72. The second kappa shape index (κ2) is 5.48. The first-order chi connectivity index (χ1) is 10.1. The number of rotatable bonds is 1. The third kappa shape index (κ3) is 2.53. The van der Waals surface area contributed by atoms with Gasteiger partial charge in [0.2, 0.25) is 0 Å². The Morgan fingerprint density at radius 3 is 2.76 bits per heavy atom. The van der Waals surface area contributed by atoms with Gasteiger partial charge in [0, 0.05) is 24.5 Å². The summed E-state index contributed by atoms with van der Waals surface area (Å²) in [6.45, 7) is 5.96. The molecule has 0 amide bonds. The van der Waals surface area contributed by atoms with E-state index >= 15 is 0 Å². The van der Waals surface area contributed by atoms with Crippen molar-refractivity contribution in [3.63, 3.8) is 0 Å². The summed E-state index contributed by atoms with van der Waals surface area (Å²) in [4.78, 5) is 2.11. The van der Waals surface area contributed by atoms with Crippen LogP contribution >= 0.6 is 12.2 Å². The van der Waals surface area contributed by atoms with Gasteiger partial charge in [0.15, 0.2) is 5.11 Å². The van der Waals surface area contributed by atoms with Gasteiger partial charge < -0.3 is 14.8 Å². The van der Waals surface area contributed by atoms with Gasteiger partial charge in [0.25, 0.3) is 0 Å². The number of halogens is 1. The van der Waals surface area contributed by atoms with E-state index in [1.165, 1.54) is 17.5 Å². The van der Waals surface area contributed by atoms with Crippen LogP contribution in [0.5, 0.6) is 0 Å². The molecule has 1 N–H and O–H groups in total. The van der Waals surface area contributed by atoms with Gasteiger partial charge in [0.1, 0.15) is 5.82 Å². The molecule has 3 nitrogen and oxygen atoms in total. The number of aromatic nitrogens is 1. The highest BCUT2D eigenvalue weighted by Crippen LogP contribution is 2.28. The second-order valence-electron chi connectivity index (χ2n) is 5.33. The standard InChI is InChI=1S/C16H18FN3S/c1-11-7-8-15-12(2)20(10-9-19(11)15)16(21)18-14-6-4-3-5-13(14)17/h3-8,12H,9-10H2,1-2H3,(H,18,21)/t12-/m1/s1. The molecule has 0 saturated carbocycles. The molecule has 2 heterocycles. The van der Waals surface area contributed by atoms with Crippen LogP contribution in [0.3, 0.4) is 0 Å². The number of benzene rings is 1. The Morgan fingerprint density at radius 2 is 2.00 bits per heavy atom. The van der Waals surface area contributed by atoms with Crippen molar-refractivity contribution in [1.29, 1.82) is 0 Å². The molecule has 1 aromatic carbocycles. The van der Waals surface area contributed by atoms with Crippen molar-refractivity contribution < 1.29 is 4.39 Å². The number of thiocarbonyl (C=S) groups is 1. The maximum atomic E-state index is 13.7. The molecule has 0 aliphatic carbocycles. The number of hydrogen-bond donors (Lipinski definition) is 1. The number of hydrogen-bond acceptors (Lipinski definition) is 1. The van der Waals surface area contributed by atoms with Crippen LogP contribution in [0.25, 0.3) is 0 Å². The van der Waals surface area contributed by atoms with Crippen LogP contribution in [0.15, 0.2) is 36.4 Å². The first-order valence-corrected chi connectivity index (χ1v) is 7.47. The fraction of sp³-hybridized carbons (Fsp3) is 0.312. The predicted molar refractivity (Wildman–Crippen MR) is 86.9 cm³/mol. The van der Waals surface area contributed by atoms with Gasteiger partial charge in [-0.3, -0.25) is 0 Å². The lowest BCUT2D eigenvalue weighted by atomic mass is 10.1. The molecule has 0 unspecified atom stereocenters. The molecule has 1 aliphatic rings. The Morgan fingerprint density at radius 1 is 1.24 bits per heavy atom. The lowest BCUT2D eigenvalue weighted by Crippen LogP contribution is -2.43. The summed E-state index contributed by atoms with van der Waals surface area (Å²) in [6.07, 6.45) is 0. The minimum Gasteiger partial charge on any atom is -0.345 e. The first kappa shape index (κ1) is 14.1. The van der Waals surface area contributed by atoms with Crippen LogP contribution in [0, 0.1) is 12.7 Å². The quantitative estimate of drug-likeness (QED) is 0.811. The van der Waals surface area contributed by atoms with E-state index in [-0.39, 0.29) is 11.9 Å². The number of aryl methyl sites for hydroxylation is 1. The zero-order valence-electron chi connectivity index (χ0n) is 12.1. The summed E-state index contributed by atoms with van der Waals surface area (Å²) in [6, 6.07) is 11.0. The van der Waals surface area contributed by atoms with Crippen molar-refractivity contribution in [2.45, 2.75) is 26.4 Å². The lowest BCUT2D eigenvalue weighted by Gasteiger charge is -2.37. The minimum absolute atomic E-state index is 0.180. The predicted octanol–water partition coefficient (Wildman–Crippen LogP) is 3.71. The molecular weight excluding hydrogens is 285 g/mol. The van der Waals surface area contributed by atoms with Gasteiger partial charge in [-0.05, 0) is 50.3 Å². The zero-order valence-corrected chi connectivity index (χ0v) is 13.0. The van der Waals surface area contributed by atoms with Gasteiger partial charge in [-0.2, -0.15) is 0 Å². The van der Waals surface area contributed by atoms with Crippen LogP contribution in [0.4, 0.5) is 10.1 Å². The van der Waals surface area contributed by atoms with E-state index in [9.17, 15) is 4.39 Å². The Labute approximate surface area is 129 Å². The molecule has 0 saturated heterocycles. The molecule has 0 spiro atoms. The number of nitrogens with zero attached hydrogens (tertiary/aromatic N) is 2. The van der Waals surface area contributed by atoms with E-state index in [1.807, 2.05) is 0 Å². The topological polar surface area (TPSA) is 20.2 Å². The summed E-state index contributed by atoms with van der Waals surface area (Å²) in [5.74, 6) is -0.288. The Bertz CT molecular complexity index is 680. The maximum absolute atomic E-state index is 13.7. The Balaban J connectivity index is 1.79. The van der Waals surface area contributed by atoms with Crippen LogP contribution in [-0.2, 0) is 6.54 Å². The SMILES string of the molecule is Cc1ccc2n1CCN(C(=S)Nc1ccccc1F)[C@@H]2C. The van der Waals surface area contributed by atoms with E-state index in [0.29, 0.717) is 10.8 Å². The average Bonchev–Trinajstić information content (AvgIpc) is 2.84. The summed E-state index contributed by atoms with van der Waals surface area (Å²) < 4.78 is 16.0. The average molecular weight is 303 g/mol. The molecule has 0 radical (unpaired) electrons. The van der Waals surface area contributed by atoms with E-state index in [0.717, 1.165) is 13.1 Å². The molecule has 5 heteroatoms. The van der Waals surface area contributed by atoms with Crippen molar-refractivity contribution in [1.82, 2.24) is 9.47 Å². The molecule has 21 heavy (non-hydrogen) atoms. The van der Waals surface area contributed by atoms with Crippen LogP contribution in [0.1, 0.15) is 24.4 Å². The molecule has 0 bridgehead atoms. The maximum Gasteiger partial charge on any atom is 0.174 e. The normalized spacial score (nSPS) is 17.5. The molecule has 0 fully saturated rings. The molecule has 3 rings (SSSR count). The van der Waals surface area contributed by atoms with Crippen LogP contribution < -0.4 is 5.32 Å². The summed E-state index contributed by atoms with van der Waals surface area (Å²) >= 11 is 5.47. The summed E-state index contributed by atoms with van der Waals surface area (Å²) in [7, 11) is 0. The largest absolute Gasteiger partial charge is 0.345 e. The number of nitrogens with one attached hydrogen (secondary N) is 1. The molecule has 1 atom stereocenters. The van der Waals surface area contributed by atoms with Crippen molar-refractivity contribution in [3.8, 4) is 0 Å². The highest BCUT2D eigenvalue weighted by Gasteiger charge is 2.26. The Kier molecular flexibility index (Phi) is 3.68. The van der Waals surface area contributed by atoms with E-state index in [4.69, 9.17) is 12.2 Å². The monoisotopic (exact) mass is 303 g/mol. The Hall–Kier alpha value is -1.88. The van der Waals surface area contributed by atoms with Crippen molar-refractivity contribution in [2.75, 3.05) is 11.9 Å². The summed E-state index contributed by atoms with van der Waals surface area (Å²) in [5, 5.41) is 3.59. The fourth-order valence-corrected chi connectivity index (χ4v) is 3.21. The highest BCUT2D eigenvalue weighted by atomic mass is 32.1. The van der Waals surface area contributed by atoms with E-state index < -0.39 is 0 Å². The van der Waals surface area contributed by atoms with Crippen molar-refractivity contribution >= 4 is 23.0 Å². The number of para-hydroxylation sites is 1. The molecule has 110 valence electrons. The third-order valence-corrected chi connectivity index (χ3v) is 4.41. The van der Waals surface area contributed by atoms with Gasteiger partial charge >= 0.3 is 0 Å². The lowest BCUT2D eigenvalue weighted by molar-refractivity contribution is 0.274. The van der Waals surface area contributed by atoms with Crippen LogP contribution in [0.2, 0.25) is 0 Å². The van der Waals surface area contributed by atoms with E-state index in [1.54, 1.807) is 18.2 Å². The number of fused-ring (bicyclic) bond motifs is 1. The highest BCUT2D eigenvalue weighted by molar-refractivity contribution is 7.80. The first-order valence-electron chi connectivity index (χ1n) is 7.06. The van der Waals surface area contributed by atoms with Gasteiger partial charge in [-0.1, -0.05) is 12.1 Å². The minimum atomic E-state index is -0.288. The number of anilines is 1. The third-order valence-electron chi connectivity index (χ3n) is 4.07. The molecule has 1 aliphatic heterocycles. The molecular formula is C16H18FN3S. The van der Waals surface area contributed by atoms with E-state index in [2.05, 4.69) is 40.8 Å². The van der Waals surface area contributed by atoms with Crippen LogP contribution in [-0.4, -0.2) is 21.1 Å². The molecule has 2 aromatic rings.